The molecule has 118 valence electrons. The second kappa shape index (κ2) is 9.39. The third-order valence-corrected chi connectivity index (χ3v) is 2.79. The molecular formula is C15H23NO4S. The highest BCUT2D eigenvalue weighted by Crippen LogP contribution is 2.39. The minimum Gasteiger partial charge on any atom is -0.490 e. The van der Waals surface area contributed by atoms with Gasteiger partial charge in [-0.2, -0.15) is 12.6 Å². The summed E-state index contributed by atoms with van der Waals surface area (Å²) in [7, 11) is 0. The monoisotopic (exact) mass is 313 g/mol. The molecule has 1 amide bonds. The number of rotatable bonds is 9. The number of carbonyl (C=O) groups is 1. The molecule has 21 heavy (non-hydrogen) atoms. The van der Waals surface area contributed by atoms with Crippen molar-refractivity contribution in [3.05, 3.63) is 17.7 Å². The lowest BCUT2D eigenvalue weighted by atomic mass is 10.1. The van der Waals surface area contributed by atoms with E-state index in [1.807, 2.05) is 20.8 Å². The lowest BCUT2D eigenvalue weighted by molar-refractivity contribution is 0.0955. The molecule has 0 spiro atoms. The van der Waals surface area contributed by atoms with Crippen LogP contribution in [0.2, 0.25) is 0 Å². The molecule has 0 aliphatic rings. The number of benzene rings is 1. The van der Waals surface area contributed by atoms with E-state index in [2.05, 4.69) is 17.9 Å². The number of ether oxygens (including phenoxy) is 3. The quantitative estimate of drug-likeness (QED) is 0.688. The number of amides is 1. The van der Waals surface area contributed by atoms with Gasteiger partial charge in [0.1, 0.15) is 0 Å². The molecule has 0 fully saturated rings. The molecule has 1 N–H and O–H groups in total. The van der Waals surface area contributed by atoms with Crippen LogP contribution in [0.25, 0.3) is 0 Å². The molecule has 1 rings (SSSR count). The standard InChI is InChI=1S/C15H23NO4S/c1-4-18-12-9-11(15(17)16-7-8-21)10-13(19-5-2)14(12)20-6-3/h9-10,21H,4-8H2,1-3H3,(H,16,17). The van der Waals surface area contributed by atoms with E-state index in [1.165, 1.54) is 0 Å². The smallest absolute Gasteiger partial charge is 0.251 e. The fraction of sp³-hybridized carbons (Fsp3) is 0.533. The van der Waals surface area contributed by atoms with Crippen molar-refractivity contribution in [3.63, 3.8) is 0 Å². The van der Waals surface area contributed by atoms with E-state index in [4.69, 9.17) is 14.2 Å². The van der Waals surface area contributed by atoms with Gasteiger partial charge in [-0.3, -0.25) is 4.79 Å². The maximum atomic E-state index is 12.1. The van der Waals surface area contributed by atoms with Crippen molar-refractivity contribution in [2.75, 3.05) is 32.1 Å². The van der Waals surface area contributed by atoms with Crippen molar-refractivity contribution in [1.82, 2.24) is 5.32 Å². The van der Waals surface area contributed by atoms with E-state index < -0.39 is 0 Å². The van der Waals surface area contributed by atoms with E-state index in [9.17, 15) is 4.79 Å². The highest BCUT2D eigenvalue weighted by atomic mass is 32.1. The molecule has 0 aromatic heterocycles. The Balaban J connectivity index is 3.18. The highest BCUT2D eigenvalue weighted by molar-refractivity contribution is 7.80. The Labute approximate surface area is 131 Å². The minimum atomic E-state index is -0.186. The zero-order chi connectivity index (χ0) is 15.7. The molecule has 1 aromatic carbocycles. The lowest BCUT2D eigenvalue weighted by Gasteiger charge is -2.17. The predicted molar refractivity (Wildman–Crippen MR) is 86.1 cm³/mol. The first kappa shape index (κ1) is 17.5. The van der Waals surface area contributed by atoms with Crippen molar-refractivity contribution in [3.8, 4) is 17.2 Å². The van der Waals surface area contributed by atoms with Crippen LogP contribution in [0.15, 0.2) is 12.1 Å². The number of carbonyl (C=O) groups excluding carboxylic acids is 1. The Morgan fingerprint density at radius 3 is 2.00 bits per heavy atom. The first-order valence-corrected chi connectivity index (χ1v) is 7.76. The SMILES string of the molecule is CCOc1cc(C(=O)NCCS)cc(OCC)c1OCC. The fourth-order valence-electron chi connectivity index (χ4n) is 1.79. The largest absolute Gasteiger partial charge is 0.490 e. The molecule has 6 heteroatoms. The topological polar surface area (TPSA) is 56.8 Å². The highest BCUT2D eigenvalue weighted by Gasteiger charge is 2.18. The minimum absolute atomic E-state index is 0.186. The van der Waals surface area contributed by atoms with Crippen molar-refractivity contribution < 1.29 is 19.0 Å². The van der Waals surface area contributed by atoms with E-state index in [1.54, 1.807) is 12.1 Å². The third kappa shape index (κ3) is 5.04. The van der Waals surface area contributed by atoms with Crippen LogP contribution >= 0.6 is 12.6 Å². The van der Waals surface area contributed by atoms with Crippen molar-refractivity contribution in [1.29, 1.82) is 0 Å². The van der Waals surface area contributed by atoms with Gasteiger partial charge in [-0.05, 0) is 32.9 Å². The fourth-order valence-corrected chi connectivity index (χ4v) is 1.90. The summed E-state index contributed by atoms with van der Waals surface area (Å²) in [4.78, 5) is 12.1. The molecule has 1 aromatic rings. The number of nitrogens with one attached hydrogen (secondary N) is 1. The molecule has 0 saturated carbocycles. The molecule has 0 aliphatic heterocycles. The van der Waals surface area contributed by atoms with E-state index in [0.29, 0.717) is 54.9 Å². The Kier molecular flexibility index (Phi) is 7.82. The third-order valence-electron chi connectivity index (χ3n) is 2.57. The molecule has 0 atom stereocenters. The van der Waals surface area contributed by atoms with Crippen molar-refractivity contribution >= 4 is 18.5 Å². The lowest BCUT2D eigenvalue weighted by Crippen LogP contribution is -2.25. The van der Waals surface area contributed by atoms with Gasteiger partial charge in [-0.1, -0.05) is 0 Å². The first-order valence-electron chi connectivity index (χ1n) is 7.13. The average molecular weight is 313 g/mol. The van der Waals surface area contributed by atoms with E-state index in [0.717, 1.165) is 0 Å². The Morgan fingerprint density at radius 2 is 1.57 bits per heavy atom. The summed E-state index contributed by atoms with van der Waals surface area (Å²) in [6.07, 6.45) is 0. The molecule has 0 aliphatic carbocycles. The van der Waals surface area contributed by atoms with Gasteiger partial charge in [-0.25, -0.2) is 0 Å². The first-order chi connectivity index (χ1) is 10.2. The molecule has 0 bridgehead atoms. The van der Waals surface area contributed by atoms with Crippen LogP contribution in [0.4, 0.5) is 0 Å². The molecule has 0 saturated heterocycles. The predicted octanol–water partition coefficient (Wildman–Crippen LogP) is 2.54. The summed E-state index contributed by atoms with van der Waals surface area (Å²) in [5.74, 6) is 1.96. The zero-order valence-electron chi connectivity index (χ0n) is 12.8. The Hall–Kier alpha value is -1.56. The normalized spacial score (nSPS) is 10.1. The Morgan fingerprint density at radius 1 is 1.05 bits per heavy atom. The average Bonchev–Trinajstić information content (AvgIpc) is 2.48. The van der Waals surface area contributed by atoms with Crippen molar-refractivity contribution in [2.45, 2.75) is 20.8 Å². The summed E-state index contributed by atoms with van der Waals surface area (Å²) < 4.78 is 16.7. The molecular weight excluding hydrogens is 290 g/mol. The van der Waals surface area contributed by atoms with Crippen molar-refractivity contribution in [2.24, 2.45) is 0 Å². The summed E-state index contributed by atoms with van der Waals surface area (Å²) in [6, 6.07) is 3.34. The van der Waals surface area contributed by atoms with Crippen LogP contribution < -0.4 is 19.5 Å². The van der Waals surface area contributed by atoms with Crippen LogP contribution in [0.5, 0.6) is 17.2 Å². The van der Waals surface area contributed by atoms with E-state index >= 15 is 0 Å². The zero-order valence-corrected chi connectivity index (χ0v) is 13.7. The van der Waals surface area contributed by atoms with Gasteiger partial charge < -0.3 is 19.5 Å². The van der Waals surface area contributed by atoms with Gasteiger partial charge in [-0.15, -0.1) is 0 Å². The summed E-state index contributed by atoms with van der Waals surface area (Å²) in [6.45, 7) is 7.60. The van der Waals surface area contributed by atoms with Gasteiger partial charge in [0.25, 0.3) is 5.91 Å². The summed E-state index contributed by atoms with van der Waals surface area (Å²) in [5, 5.41) is 2.77. The van der Waals surface area contributed by atoms with Crippen LogP contribution in [0, 0.1) is 0 Å². The molecule has 0 radical (unpaired) electrons. The van der Waals surface area contributed by atoms with Gasteiger partial charge in [0.15, 0.2) is 11.5 Å². The summed E-state index contributed by atoms with van der Waals surface area (Å²) in [5.41, 5.74) is 0.479. The maximum Gasteiger partial charge on any atom is 0.251 e. The van der Waals surface area contributed by atoms with Gasteiger partial charge >= 0.3 is 0 Å². The summed E-state index contributed by atoms with van der Waals surface area (Å²) >= 11 is 4.08. The van der Waals surface area contributed by atoms with E-state index in [-0.39, 0.29) is 5.91 Å². The van der Waals surface area contributed by atoms with Crippen LogP contribution in [-0.2, 0) is 0 Å². The molecule has 5 nitrogen and oxygen atoms in total. The van der Waals surface area contributed by atoms with Crippen LogP contribution in [0.1, 0.15) is 31.1 Å². The van der Waals surface area contributed by atoms with Crippen LogP contribution in [0.3, 0.4) is 0 Å². The van der Waals surface area contributed by atoms with Gasteiger partial charge in [0.05, 0.1) is 19.8 Å². The molecule has 0 unspecified atom stereocenters. The van der Waals surface area contributed by atoms with Crippen LogP contribution in [-0.4, -0.2) is 38.0 Å². The Bertz CT molecular complexity index is 438. The van der Waals surface area contributed by atoms with Gasteiger partial charge in [0.2, 0.25) is 5.75 Å². The van der Waals surface area contributed by atoms with Gasteiger partial charge in [0, 0.05) is 17.9 Å². The number of thiol groups is 1. The number of hydrogen-bond donors (Lipinski definition) is 2. The second-order valence-electron chi connectivity index (χ2n) is 4.08. The number of hydrogen-bond acceptors (Lipinski definition) is 5. The second-order valence-corrected chi connectivity index (χ2v) is 4.53. The maximum absolute atomic E-state index is 12.1. The molecule has 0 heterocycles.